The van der Waals surface area contributed by atoms with Crippen molar-refractivity contribution in [3.63, 3.8) is 0 Å². The molecule has 3 aromatic rings. The maximum Gasteiger partial charge on any atom is 0.274 e. The second kappa shape index (κ2) is 10.7. The Hall–Kier alpha value is -3.03. The minimum Gasteiger partial charge on any atom is -0.349 e. The lowest BCUT2D eigenvalue weighted by molar-refractivity contribution is 0.0928. The highest BCUT2D eigenvalue weighted by Gasteiger charge is 2.19. The Kier molecular flexibility index (Phi) is 7.52. The minimum atomic E-state index is -0.230. The van der Waals surface area contributed by atoms with Crippen molar-refractivity contribution in [3.8, 4) is 0 Å². The Morgan fingerprint density at radius 2 is 1.58 bits per heavy atom. The van der Waals surface area contributed by atoms with Crippen molar-refractivity contribution in [2.45, 2.75) is 26.9 Å². The predicted octanol–water partition coefficient (Wildman–Crippen LogP) is 2.60. The molecule has 2 aromatic carbocycles. The van der Waals surface area contributed by atoms with Gasteiger partial charge in [0, 0.05) is 57.7 Å². The summed E-state index contributed by atoms with van der Waals surface area (Å²) in [5, 5.41) is 8.59. The summed E-state index contributed by atoms with van der Waals surface area (Å²) in [6.45, 7) is 10.9. The number of benzene rings is 2. The molecule has 174 valence electrons. The Bertz CT molecular complexity index is 1130. The Morgan fingerprint density at radius 1 is 0.939 bits per heavy atom. The van der Waals surface area contributed by atoms with Crippen LogP contribution in [0.5, 0.6) is 0 Å². The van der Waals surface area contributed by atoms with Gasteiger partial charge in [-0.25, -0.2) is 4.68 Å². The van der Waals surface area contributed by atoms with E-state index in [4.69, 9.17) is 0 Å². The van der Waals surface area contributed by atoms with Gasteiger partial charge >= 0.3 is 0 Å². The van der Waals surface area contributed by atoms with Crippen LogP contribution in [0.3, 0.4) is 0 Å². The van der Waals surface area contributed by atoms with Gasteiger partial charge in [0.1, 0.15) is 0 Å². The van der Waals surface area contributed by atoms with E-state index in [0.717, 1.165) is 39.3 Å². The fourth-order valence-electron chi connectivity index (χ4n) is 4.30. The number of amides is 1. The van der Waals surface area contributed by atoms with Gasteiger partial charge in [-0.15, -0.1) is 0 Å². The molecular weight excluding hydrogens is 414 g/mol. The van der Waals surface area contributed by atoms with Crippen LogP contribution < -0.4 is 10.9 Å². The molecule has 0 spiro atoms. The molecule has 1 aliphatic rings. The topological polar surface area (TPSA) is 70.5 Å². The van der Waals surface area contributed by atoms with Gasteiger partial charge in [0.05, 0.1) is 5.39 Å². The highest BCUT2D eigenvalue weighted by Crippen LogP contribution is 2.14. The summed E-state index contributed by atoms with van der Waals surface area (Å²) in [5.74, 6) is 0.0271. The largest absolute Gasteiger partial charge is 0.349 e. The molecular formula is C26H33N5O2. The van der Waals surface area contributed by atoms with Gasteiger partial charge < -0.3 is 5.32 Å². The van der Waals surface area contributed by atoms with Crippen molar-refractivity contribution in [2.24, 2.45) is 5.92 Å². The second-order valence-corrected chi connectivity index (χ2v) is 9.13. The SMILES string of the molecule is CC(C)Cn1nc(C(=O)NCCN2CCN(Cc3ccccc3)CC2)c2ccccc2c1=O. The number of carbonyl (C=O) groups is 1. The quantitative estimate of drug-likeness (QED) is 0.575. The normalized spacial score (nSPS) is 15.2. The standard InChI is InChI=1S/C26H33N5O2/c1-20(2)18-31-26(33)23-11-7-6-10-22(23)24(28-31)25(32)27-12-13-29-14-16-30(17-15-29)19-21-8-4-3-5-9-21/h3-11,20H,12-19H2,1-2H3,(H,27,32). The highest BCUT2D eigenvalue weighted by molar-refractivity contribution is 6.04. The molecule has 1 fully saturated rings. The van der Waals surface area contributed by atoms with Crippen molar-refractivity contribution in [1.29, 1.82) is 0 Å². The number of aromatic nitrogens is 2. The zero-order valence-corrected chi connectivity index (χ0v) is 19.5. The van der Waals surface area contributed by atoms with E-state index in [9.17, 15) is 9.59 Å². The smallest absolute Gasteiger partial charge is 0.274 e. The molecule has 33 heavy (non-hydrogen) atoms. The average molecular weight is 448 g/mol. The summed E-state index contributed by atoms with van der Waals surface area (Å²) < 4.78 is 1.42. The number of carbonyl (C=O) groups excluding carboxylic acids is 1. The van der Waals surface area contributed by atoms with Crippen LogP contribution in [0.25, 0.3) is 10.8 Å². The molecule has 0 aliphatic carbocycles. The molecule has 2 heterocycles. The molecule has 1 aliphatic heterocycles. The van der Waals surface area contributed by atoms with E-state index in [1.165, 1.54) is 10.2 Å². The van der Waals surface area contributed by atoms with Crippen LogP contribution in [0.4, 0.5) is 0 Å². The maximum atomic E-state index is 13.0. The van der Waals surface area contributed by atoms with Crippen LogP contribution in [-0.2, 0) is 13.1 Å². The van der Waals surface area contributed by atoms with Crippen LogP contribution in [0.15, 0.2) is 59.4 Å². The number of hydrogen-bond donors (Lipinski definition) is 1. The summed E-state index contributed by atoms with van der Waals surface area (Å²) in [6, 6.07) is 17.8. The van der Waals surface area contributed by atoms with Crippen LogP contribution >= 0.6 is 0 Å². The van der Waals surface area contributed by atoms with Gasteiger partial charge in [0.2, 0.25) is 0 Å². The zero-order chi connectivity index (χ0) is 23.2. The lowest BCUT2D eigenvalue weighted by Gasteiger charge is -2.34. The highest BCUT2D eigenvalue weighted by atomic mass is 16.2. The van der Waals surface area contributed by atoms with E-state index < -0.39 is 0 Å². The molecule has 1 saturated heterocycles. The molecule has 0 unspecified atom stereocenters. The third kappa shape index (κ3) is 5.86. The molecule has 0 atom stereocenters. The third-order valence-corrected chi connectivity index (χ3v) is 6.05. The van der Waals surface area contributed by atoms with Crippen molar-refractivity contribution in [1.82, 2.24) is 24.9 Å². The molecule has 0 bridgehead atoms. The maximum absolute atomic E-state index is 13.0. The molecule has 0 saturated carbocycles. The van der Waals surface area contributed by atoms with Crippen LogP contribution in [0.1, 0.15) is 29.9 Å². The number of rotatable bonds is 8. The number of piperazine rings is 1. The van der Waals surface area contributed by atoms with Crippen LogP contribution in [0, 0.1) is 5.92 Å². The first-order chi connectivity index (χ1) is 16.0. The molecule has 1 aromatic heterocycles. The van der Waals surface area contributed by atoms with Crippen LogP contribution in [-0.4, -0.2) is 64.8 Å². The average Bonchev–Trinajstić information content (AvgIpc) is 2.82. The van der Waals surface area contributed by atoms with Gasteiger partial charge in [-0.2, -0.15) is 5.10 Å². The number of nitrogens with zero attached hydrogens (tertiary/aromatic N) is 4. The first kappa shape index (κ1) is 23.1. The third-order valence-electron chi connectivity index (χ3n) is 6.05. The Labute approximate surface area is 195 Å². The van der Waals surface area contributed by atoms with E-state index in [-0.39, 0.29) is 17.4 Å². The van der Waals surface area contributed by atoms with E-state index in [0.29, 0.717) is 29.6 Å². The summed E-state index contributed by atoms with van der Waals surface area (Å²) in [6.07, 6.45) is 0. The van der Waals surface area contributed by atoms with Gasteiger partial charge in [-0.05, 0) is 17.5 Å². The fourth-order valence-corrected chi connectivity index (χ4v) is 4.30. The van der Waals surface area contributed by atoms with E-state index >= 15 is 0 Å². The summed E-state index contributed by atoms with van der Waals surface area (Å²) in [7, 11) is 0. The number of nitrogens with one attached hydrogen (secondary N) is 1. The molecule has 7 nitrogen and oxygen atoms in total. The second-order valence-electron chi connectivity index (χ2n) is 9.13. The first-order valence-corrected chi connectivity index (χ1v) is 11.8. The van der Waals surface area contributed by atoms with Crippen LogP contribution in [0.2, 0.25) is 0 Å². The fraction of sp³-hybridized carbons (Fsp3) is 0.423. The van der Waals surface area contributed by atoms with E-state index in [1.54, 1.807) is 12.1 Å². The van der Waals surface area contributed by atoms with Crippen molar-refractivity contribution in [2.75, 3.05) is 39.3 Å². The van der Waals surface area contributed by atoms with Crippen molar-refractivity contribution >= 4 is 16.7 Å². The molecule has 1 N–H and O–H groups in total. The minimum absolute atomic E-state index is 0.149. The molecule has 4 rings (SSSR count). The van der Waals surface area contributed by atoms with Gasteiger partial charge in [0.25, 0.3) is 11.5 Å². The summed E-state index contributed by atoms with van der Waals surface area (Å²) >= 11 is 0. The lowest BCUT2D eigenvalue weighted by Crippen LogP contribution is -2.48. The lowest BCUT2D eigenvalue weighted by atomic mass is 10.1. The van der Waals surface area contributed by atoms with Gasteiger partial charge in [-0.1, -0.05) is 62.4 Å². The Morgan fingerprint density at radius 3 is 2.27 bits per heavy atom. The molecule has 7 heteroatoms. The Balaban J connectivity index is 1.33. The zero-order valence-electron chi connectivity index (χ0n) is 19.5. The number of hydrogen-bond acceptors (Lipinski definition) is 5. The van der Waals surface area contributed by atoms with Gasteiger partial charge in [-0.3, -0.25) is 19.4 Å². The van der Waals surface area contributed by atoms with E-state index in [2.05, 4.69) is 44.5 Å². The van der Waals surface area contributed by atoms with Crippen molar-refractivity contribution in [3.05, 3.63) is 76.2 Å². The summed E-state index contributed by atoms with van der Waals surface area (Å²) in [4.78, 5) is 30.6. The predicted molar refractivity (Wildman–Crippen MR) is 131 cm³/mol. The molecule has 0 radical (unpaired) electrons. The van der Waals surface area contributed by atoms with E-state index in [1.807, 2.05) is 32.0 Å². The first-order valence-electron chi connectivity index (χ1n) is 11.8. The van der Waals surface area contributed by atoms with Crippen molar-refractivity contribution < 1.29 is 4.79 Å². The van der Waals surface area contributed by atoms with Gasteiger partial charge in [0.15, 0.2) is 5.69 Å². The number of fused-ring (bicyclic) bond motifs is 1. The molecule has 1 amide bonds. The monoisotopic (exact) mass is 447 g/mol. The summed E-state index contributed by atoms with van der Waals surface area (Å²) in [5.41, 5.74) is 1.51.